The molecule has 0 aliphatic rings. The van der Waals surface area contributed by atoms with Gasteiger partial charge in [-0.05, 0) is 30.7 Å². The van der Waals surface area contributed by atoms with E-state index in [9.17, 15) is 8.42 Å². The van der Waals surface area contributed by atoms with Crippen LogP contribution in [0.1, 0.15) is 6.42 Å². The number of rotatable bonds is 6. The fourth-order valence-corrected chi connectivity index (χ4v) is 1.87. The van der Waals surface area contributed by atoms with Crippen molar-refractivity contribution in [1.29, 1.82) is 0 Å². The number of hydrogen-bond acceptors (Lipinski definition) is 3. The number of ether oxygens (including phenoxy) is 1. The molecule has 0 saturated heterocycles. The molecule has 1 aromatic carbocycles. The van der Waals surface area contributed by atoms with E-state index in [-0.39, 0.29) is 0 Å². The van der Waals surface area contributed by atoms with E-state index in [4.69, 9.17) is 4.74 Å². The highest BCUT2D eigenvalue weighted by Gasteiger charge is 2.01. The Morgan fingerprint density at radius 3 is 2.44 bits per heavy atom. The van der Waals surface area contributed by atoms with Crippen LogP contribution in [0, 0.1) is 0 Å². The van der Waals surface area contributed by atoms with Gasteiger partial charge in [0.1, 0.15) is 5.75 Å². The maximum absolute atomic E-state index is 10.9. The van der Waals surface area contributed by atoms with Crippen molar-refractivity contribution in [3.63, 3.8) is 0 Å². The zero-order valence-corrected chi connectivity index (χ0v) is 11.3. The monoisotopic (exact) mass is 307 g/mol. The first-order valence-corrected chi connectivity index (χ1v) is 7.79. The molecule has 0 aliphatic heterocycles. The summed E-state index contributed by atoms with van der Waals surface area (Å²) in [6.07, 6.45) is 2.05. The summed E-state index contributed by atoms with van der Waals surface area (Å²) < 4.78 is 29.7. The van der Waals surface area contributed by atoms with E-state index in [0.717, 1.165) is 23.8 Å². The highest BCUT2D eigenvalue weighted by Crippen LogP contribution is 2.16. The summed E-state index contributed by atoms with van der Waals surface area (Å²) in [5, 5.41) is 0.903. The Kier molecular flexibility index (Phi) is 5.08. The Bertz CT molecular complexity index is 416. The van der Waals surface area contributed by atoms with Gasteiger partial charge in [-0.2, -0.15) is 0 Å². The minimum Gasteiger partial charge on any atom is -0.494 e. The Labute approximate surface area is 104 Å². The van der Waals surface area contributed by atoms with Crippen LogP contribution in [0.25, 0.3) is 0 Å². The smallest absolute Gasteiger partial charge is 0.229 e. The van der Waals surface area contributed by atoms with Crippen molar-refractivity contribution in [3.05, 3.63) is 24.3 Å². The fraction of sp³-hybridized carbons (Fsp3) is 0.400. The molecule has 0 radical (unpaired) electrons. The molecule has 1 rings (SSSR count). The number of hydrogen-bond donors (Lipinski definition) is 1. The summed E-state index contributed by atoms with van der Waals surface area (Å²) in [5.74, 6) is 0.736. The van der Waals surface area contributed by atoms with Gasteiger partial charge in [-0.15, -0.1) is 0 Å². The second-order valence-electron chi connectivity index (χ2n) is 3.29. The van der Waals surface area contributed by atoms with Gasteiger partial charge in [0.15, 0.2) is 0 Å². The Morgan fingerprint density at radius 1 is 1.31 bits per heavy atom. The van der Waals surface area contributed by atoms with Gasteiger partial charge in [0.2, 0.25) is 10.0 Å². The molecule has 0 amide bonds. The molecule has 0 bridgehead atoms. The van der Waals surface area contributed by atoms with Gasteiger partial charge in [0.25, 0.3) is 0 Å². The predicted octanol–water partition coefficient (Wildman–Crippen LogP) is 2.22. The van der Waals surface area contributed by atoms with Crippen LogP contribution in [0.15, 0.2) is 24.3 Å². The van der Waals surface area contributed by atoms with Crippen molar-refractivity contribution >= 4 is 31.6 Å². The van der Waals surface area contributed by atoms with E-state index in [1.54, 1.807) is 24.3 Å². The largest absolute Gasteiger partial charge is 0.494 e. The van der Waals surface area contributed by atoms with Gasteiger partial charge >= 0.3 is 0 Å². The maximum Gasteiger partial charge on any atom is 0.229 e. The van der Waals surface area contributed by atoms with Gasteiger partial charge in [0, 0.05) is 11.0 Å². The molecular formula is C10H14BrNO3S. The highest BCUT2D eigenvalue weighted by molar-refractivity contribution is 9.09. The first kappa shape index (κ1) is 13.3. The Morgan fingerprint density at radius 2 is 1.94 bits per heavy atom. The molecule has 0 aromatic heterocycles. The lowest BCUT2D eigenvalue weighted by Gasteiger charge is -2.07. The molecule has 6 heteroatoms. The summed E-state index contributed by atoms with van der Waals surface area (Å²) in [6, 6.07) is 6.82. The molecule has 0 spiro atoms. The second kappa shape index (κ2) is 6.10. The lowest BCUT2D eigenvalue weighted by molar-refractivity contribution is 0.319. The number of halogens is 1. The van der Waals surface area contributed by atoms with Crippen LogP contribution >= 0.6 is 15.9 Å². The third-order valence-corrected chi connectivity index (χ3v) is 2.87. The molecule has 0 atom stereocenters. The molecule has 0 aliphatic carbocycles. The van der Waals surface area contributed by atoms with Gasteiger partial charge in [-0.3, -0.25) is 4.72 Å². The van der Waals surface area contributed by atoms with Crippen molar-refractivity contribution in [2.75, 3.05) is 22.9 Å². The van der Waals surface area contributed by atoms with Gasteiger partial charge < -0.3 is 4.74 Å². The van der Waals surface area contributed by atoms with E-state index >= 15 is 0 Å². The fourth-order valence-electron chi connectivity index (χ4n) is 1.08. The third kappa shape index (κ3) is 5.37. The minimum atomic E-state index is -3.21. The second-order valence-corrected chi connectivity index (χ2v) is 5.83. The molecule has 0 heterocycles. The summed E-state index contributed by atoms with van der Waals surface area (Å²) in [4.78, 5) is 0. The normalized spacial score (nSPS) is 11.1. The molecule has 1 aromatic rings. The van der Waals surface area contributed by atoms with Gasteiger partial charge in [-0.1, -0.05) is 15.9 Å². The van der Waals surface area contributed by atoms with Crippen molar-refractivity contribution < 1.29 is 13.2 Å². The van der Waals surface area contributed by atoms with Crippen LogP contribution in [0.2, 0.25) is 0 Å². The van der Waals surface area contributed by atoms with Crippen LogP contribution in [0.3, 0.4) is 0 Å². The van der Waals surface area contributed by atoms with E-state index in [1.807, 2.05) is 0 Å². The molecule has 1 N–H and O–H groups in total. The lowest BCUT2D eigenvalue weighted by atomic mass is 10.3. The van der Waals surface area contributed by atoms with E-state index in [2.05, 4.69) is 20.7 Å². The van der Waals surface area contributed by atoms with Gasteiger partial charge in [-0.25, -0.2) is 8.42 Å². The standard InChI is InChI=1S/C10H14BrNO3S/c1-16(13,14)12-9-3-5-10(6-4-9)15-8-2-7-11/h3-6,12H,2,7-8H2,1H3. The van der Waals surface area contributed by atoms with Crippen LogP contribution in [0.4, 0.5) is 5.69 Å². The molecule has 4 nitrogen and oxygen atoms in total. The van der Waals surface area contributed by atoms with E-state index in [1.165, 1.54) is 0 Å². The molecule has 0 unspecified atom stereocenters. The Balaban J connectivity index is 2.54. The predicted molar refractivity (Wildman–Crippen MR) is 68.8 cm³/mol. The average Bonchev–Trinajstić information content (AvgIpc) is 2.19. The number of anilines is 1. The molecule has 16 heavy (non-hydrogen) atoms. The van der Waals surface area contributed by atoms with E-state index in [0.29, 0.717) is 12.3 Å². The van der Waals surface area contributed by atoms with E-state index < -0.39 is 10.0 Å². The molecule has 90 valence electrons. The number of nitrogens with one attached hydrogen (secondary N) is 1. The third-order valence-electron chi connectivity index (χ3n) is 1.70. The van der Waals surface area contributed by atoms with Gasteiger partial charge in [0.05, 0.1) is 12.9 Å². The number of alkyl halides is 1. The topological polar surface area (TPSA) is 55.4 Å². The number of benzene rings is 1. The summed E-state index contributed by atoms with van der Waals surface area (Å²) in [6.45, 7) is 0.643. The zero-order chi connectivity index (χ0) is 12.0. The van der Waals surface area contributed by atoms with Crippen LogP contribution in [0.5, 0.6) is 5.75 Å². The van der Waals surface area contributed by atoms with Crippen molar-refractivity contribution in [2.45, 2.75) is 6.42 Å². The molecule has 0 saturated carbocycles. The maximum atomic E-state index is 10.9. The van der Waals surface area contributed by atoms with Crippen molar-refractivity contribution in [3.8, 4) is 5.75 Å². The van der Waals surface area contributed by atoms with Crippen molar-refractivity contribution in [1.82, 2.24) is 0 Å². The van der Waals surface area contributed by atoms with Crippen LogP contribution < -0.4 is 9.46 Å². The first-order valence-electron chi connectivity index (χ1n) is 4.78. The summed E-state index contributed by atoms with van der Waals surface area (Å²) in [5.41, 5.74) is 0.537. The number of sulfonamides is 1. The highest BCUT2D eigenvalue weighted by atomic mass is 79.9. The van der Waals surface area contributed by atoms with Crippen LogP contribution in [-0.2, 0) is 10.0 Å². The quantitative estimate of drug-likeness (QED) is 0.647. The van der Waals surface area contributed by atoms with Crippen molar-refractivity contribution in [2.24, 2.45) is 0 Å². The molecular weight excluding hydrogens is 294 g/mol. The first-order chi connectivity index (χ1) is 7.51. The minimum absolute atomic E-state index is 0.537. The molecule has 0 fully saturated rings. The van der Waals surface area contributed by atoms with Crippen LogP contribution in [-0.4, -0.2) is 26.6 Å². The lowest BCUT2D eigenvalue weighted by Crippen LogP contribution is -2.09. The summed E-state index contributed by atoms with van der Waals surface area (Å²) in [7, 11) is -3.21. The Hall–Kier alpha value is -0.750. The average molecular weight is 308 g/mol. The zero-order valence-electron chi connectivity index (χ0n) is 8.94. The summed E-state index contributed by atoms with van der Waals surface area (Å²) >= 11 is 3.31. The SMILES string of the molecule is CS(=O)(=O)Nc1ccc(OCCCBr)cc1.